The first kappa shape index (κ1) is 18.7. The Morgan fingerprint density at radius 3 is 2.42 bits per heavy atom. The van der Waals surface area contributed by atoms with Crippen LogP contribution < -0.4 is 10.9 Å². The lowest BCUT2D eigenvalue weighted by molar-refractivity contribution is 0.102. The second kappa shape index (κ2) is 7.53. The van der Waals surface area contributed by atoms with Crippen molar-refractivity contribution in [2.75, 3.05) is 5.32 Å². The van der Waals surface area contributed by atoms with E-state index in [1.54, 1.807) is 36.4 Å². The SMILES string of the molecule is CCn1nc(C(=O)Nc2ccc(-c3nc4ccccc4o3)cc2)c2ccccc2c1=O. The molecule has 3 aromatic carbocycles. The quantitative estimate of drug-likeness (QED) is 0.472. The van der Waals surface area contributed by atoms with Crippen LogP contribution in [0, 0.1) is 0 Å². The van der Waals surface area contributed by atoms with E-state index in [-0.39, 0.29) is 17.2 Å². The zero-order valence-corrected chi connectivity index (χ0v) is 16.7. The number of hydrogen-bond donors (Lipinski definition) is 1. The fourth-order valence-electron chi connectivity index (χ4n) is 3.50. The van der Waals surface area contributed by atoms with Crippen molar-refractivity contribution in [1.29, 1.82) is 0 Å². The van der Waals surface area contributed by atoms with Gasteiger partial charge in [-0.1, -0.05) is 30.3 Å². The standard InChI is InChI=1S/C24H18N4O3/c1-2-28-24(30)18-8-4-3-7-17(18)21(27-28)22(29)25-16-13-11-15(12-14-16)23-26-19-9-5-6-10-20(19)31-23/h3-14H,2H2,1H3,(H,25,29). The van der Waals surface area contributed by atoms with E-state index in [2.05, 4.69) is 15.4 Å². The van der Waals surface area contributed by atoms with E-state index in [9.17, 15) is 9.59 Å². The van der Waals surface area contributed by atoms with Gasteiger partial charge in [0.05, 0.1) is 5.39 Å². The number of para-hydroxylation sites is 2. The molecular weight excluding hydrogens is 392 g/mol. The molecule has 7 nitrogen and oxygen atoms in total. The normalized spacial score (nSPS) is 11.1. The third-order valence-corrected chi connectivity index (χ3v) is 5.07. The topological polar surface area (TPSA) is 90.0 Å². The average molecular weight is 410 g/mol. The van der Waals surface area contributed by atoms with E-state index >= 15 is 0 Å². The van der Waals surface area contributed by atoms with Crippen molar-refractivity contribution in [2.24, 2.45) is 0 Å². The number of aryl methyl sites for hydroxylation is 1. The summed E-state index contributed by atoms with van der Waals surface area (Å²) in [6, 6.07) is 21.8. The zero-order valence-electron chi connectivity index (χ0n) is 16.7. The van der Waals surface area contributed by atoms with Crippen LogP contribution in [0.25, 0.3) is 33.3 Å². The van der Waals surface area contributed by atoms with Crippen LogP contribution in [0.4, 0.5) is 5.69 Å². The molecule has 0 fully saturated rings. The number of carbonyl (C=O) groups is 1. The van der Waals surface area contributed by atoms with E-state index < -0.39 is 0 Å². The van der Waals surface area contributed by atoms with Gasteiger partial charge in [-0.05, 0) is 49.4 Å². The smallest absolute Gasteiger partial charge is 0.276 e. The lowest BCUT2D eigenvalue weighted by Crippen LogP contribution is -2.27. The fraction of sp³-hybridized carbons (Fsp3) is 0.0833. The molecule has 1 amide bonds. The number of carbonyl (C=O) groups excluding carboxylic acids is 1. The Morgan fingerprint density at radius 1 is 0.968 bits per heavy atom. The molecule has 5 rings (SSSR count). The van der Waals surface area contributed by atoms with Crippen molar-refractivity contribution in [3.8, 4) is 11.5 Å². The van der Waals surface area contributed by atoms with Crippen molar-refractivity contribution in [3.63, 3.8) is 0 Å². The summed E-state index contributed by atoms with van der Waals surface area (Å²) in [4.78, 5) is 29.9. The molecule has 152 valence electrons. The second-order valence-electron chi connectivity index (χ2n) is 7.03. The van der Waals surface area contributed by atoms with E-state index in [0.717, 1.165) is 16.7 Å². The van der Waals surface area contributed by atoms with Gasteiger partial charge >= 0.3 is 0 Å². The van der Waals surface area contributed by atoms with Gasteiger partial charge in [0.2, 0.25) is 5.89 Å². The Labute approximate surface area is 177 Å². The first-order valence-corrected chi connectivity index (χ1v) is 9.91. The number of nitrogens with one attached hydrogen (secondary N) is 1. The molecule has 1 N–H and O–H groups in total. The number of anilines is 1. The highest BCUT2D eigenvalue weighted by Crippen LogP contribution is 2.25. The Kier molecular flexibility index (Phi) is 4.55. The van der Waals surface area contributed by atoms with Gasteiger partial charge in [-0.25, -0.2) is 9.67 Å². The molecule has 0 aliphatic rings. The molecule has 0 atom stereocenters. The number of fused-ring (bicyclic) bond motifs is 2. The zero-order chi connectivity index (χ0) is 21.4. The van der Waals surface area contributed by atoms with Crippen LogP contribution in [0.5, 0.6) is 0 Å². The molecule has 0 unspecified atom stereocenters. The van der Waals surface area contributed by atoms with Crippen LogP contribution in [0.15, 0.2) is 82.0 Å². The summed E-state index contributed by atoms with van der Waals surface area (Å²) < 4.78 is 7.09. The minimum Gasteiger partial charge on any atom is -0.436 e. The lowest BCUT2D eigenvalue weighted by Gasteiger charge is -2.10. The first-order chi connectivity index (χ1) is 15.1. The van der Waals surface area contributed by atoms with E-state index in [0.29, 0.717) is 28.9 Å². The molecule has 7 heteroatoms. The number of benzene rings is 3. The van der Waals surface area contributed by atoms with Crippen molar-refractivity contribution >= 4 is 33.5 Å². The maximum absolute atomic E-state index is 13.0. The van der Waals surface area contributed by atoms with Crippen LogP contribution in [-0.2, 0) is 6.54 Å². The highest BCUT2D eigenvalue weighted by Gasteiger charge is 2.16. The summed E-state index contributed by atoms with van der Waals surface area (Å²) in [5.41, 5.74) is 2.91. The molecule has 0 radical (unpaired) electrons. The Balaban J connectivity index is 1.45. The molecule has 0 aliphatic heterocycles. The highest BCUT2D eigenvalue weighted by molar-refractivity contribution is 6.11. The first-order valence-electron chi connectivity index (χ1n) is 9.91. The molecule has 31 heavy (non-hydrogen) atoms. The van der Waals surface area contributed by atoms with Gasteiger partial charge in [0.25, 0.3) is 11.5 Å². The Bertz CT molecular complexity index is 1450. The third kappa shape index (κ3) is 3.36. The molecular formula is C24H18N4O3. The molecule has 0 bridgehead atoms. The van der Waals surface area contributed by atoms with Crippen molar-refractivity contribution in [1.82, 2.24) is 14.8 Å². The highest BCUT2D eigenvalue weighted by atomic mass is 16.3. The predicted molar refractivity (Wildman–Crippen MR) is 119 cm³/mol. The summed E-state index contributed by atoms with van der Waals surface area (Å²) in [5.74, 6) is 0.134. The van der Waals surface area contributed by atoms with Crippen molar-refractivity contribution in [2.45, 2.75) is 13.5 Å². The molecule has 5 aromatic rings. The average Bonchev–Trinajstić information content (AvgIpc) is 3.24. The summed E-state index contributed by atoms with van der Waals surface area (Å²) in [7, 11) is 0. The Morgan fingerprint density at radius 2 is 1.68 bits per heavy atom. The van der Waals surface area contributed by atoms with Crippen LogP contribution in [0.2, 0.25) is 0 Å². The van der Waals surface area contributed by atoms with Crippen LogP contribution >= 0.6 is 0 Å². The summed E-state index contributed by atoms with van der Waals surface area (Å²) in [5, 5.41) is 8.12. The summed E-state index contributed by atoms with van der Waals surface area (Å²) in [6.45, 7) is 2.19. The monoisotopic (exact) mass is 410 g/mol. The fourth-order valence-corrected chi connectivity index (χ4v) is 3.50. The number of rotatable bonds is 4. The van der Waals surface area contributed by atoms with Gasteiger partial charge in [-0.15, -0.1) is 0 Å². The number of hydrogen-bond acceptors (Lipinski definition) is 5. The summed E-state index contributed by atoms with van der Waals surface area (Å²) in [6.07, 6.45) is 0. The predicted octanol–water partition coefficient (Wildman–Crippen LogP) is 4.48. The van der Waals surface area contributed by atoms with Gasteiger partial charge in [0.15, 0.2) is 11.3 Å². The third-order valence-electron chi connectivity index (χ3n) is 5.07. The lowest BCUT2D eigenvalue weighted by atomic mass is 10.1. The molecule has 0 saturated heterocycles. The number of amides is 1. The number of aromatic nitrogens is 3. The number of nitrogens with zero attached hydrogens (tertiary/aromatic N) is 3. The van der Waals surface area contributed by atoms with Crippen LogP contribution in [-0.4, -0.2) is 20.7 Å². The molecule has 2 aromatic heterocycles. The van der Waals surface area contributed by atoms with Crippen LogP contribution in [0.1, 0.15) is 17.4 Å². The molecule has 2 heterocycles. The minimum atomic E-state index is -0.381. The van der Waals surface area contributed by atoms with E-state index in [1.807, 2.05) is 43.3 Å². The van der Waals surface area contributed by atoms with E-state index in [4.69, 9.17) is 4.42 Å². The maximum atomic E-state index is 13.0. The van der Waals surface area contributed by atoms with Crippen molar-refractivity contribution < 1.29 is 9.21 Å². The van der Waals surface area contributed by atoms with Gasteiger partial charge in [0, 0.05) is 23.2 Å². The van der Waals surface area contributed by atoms with Crippen LogP contribution in [0.3, 0.4) is 0 Å². The Hall–Kier alpha value is -4.26. The van der Waals surface area contributed by atoms with Gasteiger partial charge in [-0.2, -0.15) is 5.10 Å². The van der Waals surface area contributed by atoms with Gasteiger partial charge in [-0.3, -0.25) is 9.59 Å². The number of oxazole rings is 1. The van der Waals surface area contributed by atoms with Gasteiger partial charge in [0.1, 0.15) is 5.52 Å². The van der Waals surface area contributed by atoms with Crippen molar-refractivity contribution in [3.05, 3.63) is 88.8 Å². The van der Waals surface area contributed by atoms with E-state index in [1.165, 1.54) is 4.68 Å². The minimum absolute atomic E-state index is 0.208. The van der Waals surface area contributed by atoms with Gasteiger partial charge < -0.3 is 9.73 Å². The maximum Gasteiger partial charge on any atom is 0.276 e. The molecule has 0 saturated carbocycles. The second-order valence-corrected chi connectivity index (χ2v) is 7.03. The molecule has 0 spiro atoms. The summed E-state index contributed by atoms with van der Waals surface area (Å²) >= 11 is 0. The molecule has 0 aliphatic carbocycles. The largest absolute Gasteiger partial charge is 0.436 e.